The van der Waals surface area contributed by atoms with Crippen LogP contribution in [-0.2, 0) is 0 Å². The van der Waals surface area contributed by atoms with Gasteiger partial charge in [-0.3, -0.25) is 0 Å². The van der Waals surface area contributed by atoms with Gasteiger partial charge in [0.25, 0.3) is 0 Å². The van der Waals surface area contributed by atoms with Crippen molar-refractivity contribution in [2.24, 2.45) is 11.5 Å². The molecule has 2 nitrogen and oxygen atoms in total. The Morgan fingerprint density at radius 2 is 1.36 bits per heavy atom. The van der Waals surface area contributed by atoms with E-state index in [1.807, 2.05) is 0 Å². The maximum Gasteiger partial charge on any atom is 0.109 e. The molecule has 0 spiro atoms. The van der Waals surface area contributed by atoms with Crippen LogP contribution in [0.15, 0.2) is 22.3 Å². The Morgan fingerprint density at radius 1 is 1.00 bits per heavy atom. The van der Waals surface area contributed by atoms with E-state index in [2.05, 4.69) is 13.8 Å². The monoisotopic (exact) mass is 150 g/mol. The van der Waals surface area contributed by atoms with Gasteiger partial charge in [0.05, 0.1) is 0 Å². The van der Waals surface area contributed by atoms with Crippen LogP contribution < -0.4 is 11.5 Å². The van der Waals surface area contributed by atoms with Gasteiger partial charge in [0.1, 0.15) is 5.66 Å². The number of nitrogens with two attached hydrogens (primary N) is 2. The van der Waals surface area contributed by atoms with E-state index in [0.717, 1.165) is 12.8 Å². The van der Waals surface area contributed by atoms with Crippen molar-refractivity contribution >= 4 is 0 Å². The third kappa shape index (κ3) is 0.638. The van der Waals surface area contributed by atoms with Gasteiger partial charge in [-0.05, 0) is 49.0 Å². The predicted molar refractivity (Wildman–Crippen MR) is 45.7 cm³/mol. The van der Waals surface area contributed by atoms with Crippen LogP contribution in [0.25, 0.3) is 0 Å². The normalized spacial score (nSPS) is 27.3. The van der Waals surface area contributed by atoms with Crippen molar-refractivity contribution in [1.29, 1.82) is 0 Å². The Kier molecular flexibility index (Phi) is 1.13. The Bertz CT molecular complexity index is 254. The molecule has 0 aromatic rings. The van der Waals surface area contributed by atoms with Crippen molar-refractivity contribution in [2.45, 2.75) is 32.4 Å². The molecule has 0 aromatic heterocycles. The van der Waals surface area contributed by atoms with Gasteiger partial charge in [0.2, 0.25) is 0 Å². The van der Waals surface area contributed by atoms with Crippen molar-refractivity contribution < 1.29 is 0 Å². The summed E-state index contributed by atoms with van der Waals surface area (Å²) in [4.78, 5) is 0. The van der Waals surface area contributed by atoms with Crippen LogP contribution in [0.2, 0.25) is 0 Å². The van der Waals surface area contributed by atoms with E-state index >= 15 is 0 Å². The van der Waals surface area contributed by atoms with Gasteiger partial charge in [-0.15, -0.1) is 0 Å². The number of fused-ring (bicyclic) bond motifs is 2. The molecule has 0 radical (unpaired) electrons. The molecule has 2 heteroatoms. The molecule has 0 heterocycles. The zero-order valence-electron chi connectivity index (χ0n) is 7.07. The third-order valence-electron chi connectivity index (χ3n) is 3.09. The van der Waals surface area contributed by atoms with Crippen LogP contribution in [0.4, 0.5) is 0 Å². The first-order valence-electron chi connectivity index (χ1n) is 4.03. The fraction of sp³-hybridized carbons (Fsp3) is 0.556. The minimum Gasteiger partial charge on any atom is -0.306 e. The summed E-state index contributed by atoms with van der Waals surface area (Å²) in [5.74, 6) is 0. The van der Waals surface area contributed by atoms with Crippen LogP contribution in [0.3, 0.4) is 0 Å². The van der Waals surface area contributed by atoms with E-state index in [1.54, 1.807) is 0 Å². The lowest BCUT2D eigenvalue weighted by molar-refractivity contribution is 0.648. The highest BCUT2D eigenvalue weighted by atomic mass is 15.0. The lowest BCUT2D eigenvalue weighted by Crippen LogP contribution is -2.48. The van der Waals surface area contributed by atoms with Crippen molar-refractivity contribution in [3.63, 3.8) is 0 Å². The van der Waals surface area contributed by atoms with Crippen LogP contribution in [0, 0.1) is 0 Å². The Labute approximate surface area is 66.9 Å². The molecular weight excluding hydrogens is 136 g/mol. The smallest absolute Gasteiger partial charge is 0.109 e. The van der Waals surface area contributed by atoms with Crippen LogP contribution in [0.5, 0.6) is 0 Å². The molecule has 60 valence electrons. The zero-order chi connectivity index (χ0) is 8.22. The quantitative estimate of drug-likeness (QED) is 0.507. The van der Waals surface area contributed by atoms with Crippen molar-refractivity contribution in [3.8, 4) is 0 Å². The molecule has 0 aromatic carbocycles. The highest BCUT2D eigenvalue weighted by molar-refractivity contribution is 5.58. The van der Waals surface area contributed by atoms with Gasteiger partial charge in [-0.25, -0.2) is 0 Å². The lowest BCUT2D eigenvalue weighted by Gasteiger charge is -2.18. The van der Waals surface area contributed by atoms with E-state index in [1.165, 1.54) is 22.3 Å². The molecular formula is C9H14N2. The highest BCUT2D eigenvalue weighted by Gasteiger charge is 2.42. The third-order valence-corrected chi connectivity index (χ3v) is 3.09. The van der Waals surface area contributed by atoms with Crippen molar-refractivity contribution in [2.75, 3.05) is 0 Å². The topological polar surface area (TPSA) is 52.0 Å². The molecule has 0 amide bonds. The molecule has 0 atom stereocenters. The summed E-state index contributed by atoms with van der Waals surface area (Å²) in [6, 6.07) is 0. The molecule has 0 unspecified atom stereocenters. The molecule has 1 fully saturated rings. The molecule has 0 aliphatic heterocycles. The molecule has 11 heavy (non-hydrogen) atoms. The van der Waals surface area contributed by atoms with Gasteiger partial charge in [-0.1, -0.05) is 0 Å². The van der Waals surface area contributed by atoms with Gasteiger partial charge in [-0.2, -0.15) is 0 Å². The van der Waals surface area contributed by atoms with Gasteiger partial charge in [0, 0.05) is 0 Å². The molecule has 0 saturated heterocycles. The van der Waals surface area contributed by atoms with Crippen LogP contribution in [0.1, 0.15) is 26.7 Å². The number of hydrogen-bond acceptors (Lipinski definition) is 2. The highest BCUT2D eigenvalue weighted by Crippen LogP contribution is 2.46. The first-order valence-corrected chi connectivity index (χ1v) is 4.03. The molecule has 2 aliphatic rings. The van der Waals surface area contributed by atoms with Crippen molar-refractivity contribution in [1.82, 2.24) is 0 Å². The molecule has 2 rings (SSSR count). The summed E-state index contributed by atoms with van der Waals surface area (Å²) in [7, 11) is 0. The lowest BCUT2D eigenvalue weighted by atomic mass is 10.0. The second kappa shape index (κ2) is 1.76. The van der Waals surface area contributed by atoms with Crippen LogP contribution >= 0.6 is 0 Å². The average Bonchev–Trinajstić information content (AvgIpc) is 2.27. The van der Waals surface area contributed by atoms with E-state index in [0.29, 0.717) is 0 Å². The fourth-order valence-electron chi connectivity index (χ4n) is 2.29. The molecule has 2 aliphatic carbocycles. The Morgan fingerprint density at radius 3 is 1.55 bits per heavy atom. The zero-order valence-corrected chi connectivity index (χ0v) is 7.07. The van der Waals surface area contributed by atoms with Gasteiger partial charge in [0.15, 0.2) is 0 Å². The largest absolute Gasteiger partial charge is 0.306 e. The average molecular weight is 150 g/mol. The van der Waals surface area contributed by atoms with Crippen molar-refractivity contribution in [3.05, 3.63) is 22.3 Å². The van der Waals surface area contributed by atoms with Crippen LogP contribution in [-0.4, -0.2) is 5.66 Å². The SMILES string of the molecule is CC1=C2CCC(=C1C)C2(N)N. The summed E-state index contributed by atoms with van der Waals surface area (Å²) in [5, 5.41) is 0. The van der Waals surface area contributed by atoms with E-state index in [4.69, 9.17) is 11.5 Å². The van der Waals surface area contributed by atoms with E-state index < -0.39 is 5.66 Å². The van der Waals surface area contributed by atoms with E-state index in [9.17, 15) is 0 Å². The predicted octanol–water partition coefficient (Wildman–Crippen LogP) is 1.04. The fourth-order valence-corrected chi connectivity index (χ4v) is 2.29. The molecule has 4 N–H and O–H groups in total. The standard InChI is InChI=1S/C9H14N2/c1-5-6(2)8-4-3-7(5)9(8,10)11/h3-4,10-11H2,1-2H3. The minimum absolute atomic E-state index is 0.575. The number of rotatable bonds is 0. The van der Waals surface area contributed by atoms with Gasteiger partial charge >= 0.3 is 0 Å². The summed E-state index contributed by atoms with van der Waals surface area (Å²) in [6.45, 7) is 4.23. The number of hydrogen-bond donors (Lipinski definition) is 2. The first kappa shape index (κ1) is 7.07. The Balaban J connectivity index is 2.63. The first-order chi connectivity index (χ1) is 5.05. The minimum atomic E-state index is -0.575. The summed E-state index contributed by atoms with van der Waals surface area (Å²) < 4.78 is 0. The second-order valence-corrected chi connectivity index (χ2v) is 3.58. The van der Waals surface area contributed by atoms with E-state index in [-0.39, 0.29) is 0 Å². The summed E-state index contributed by atoms with van der Waals surface area (Å²) in [5.41, 5.74) is 16.5. The van der Waals surface area contributed by atoms with Gasteiger partial charge < -0.3 is 11.5 Å². The summed E-state index contributed by atoms with van der Waals surface area (Å²) in [6.07, 6.45) is 2.15. The maximum atomic E-state index is 5.97. The second-order valence-electron chi connectivity index (χ2n) is 3.58. The molecule has 2 bridgehead atoms. The molecule has 1 saturated carbocycles. The summed E-state index contributed by atoms with van der Waals surface area (Å²) >= 11 is 0. The number of allylic oxidation sites excluding steroid dienone is 2. The Hall–Kier alpha value is -0.600. The maximum absolute atomic E-state index is 5.97.